The topological polar surface area (TPSA) is 101 Å². The molecule has 7 nitrogen and oxygen atoms in total. The van der Waals surface area contributed by atoms with E-state index in [1.54, 1.807) is 13.8 Å². The van der Waals surface area contributed by atoms with Crippen molar-refractivity contribution in [2.75, 3.05) is 23.7 Å². The Balaban J connectivity index is 2.15. The fraction of sp³-hybridized carbons (Fsp3) is 0.474. The van der Waals surface area contributed by atoms with E-state index in [0.29, 0.717) is 10.8 Å². The van der Waals surface area contributed by atoms with E-state index in [9.17, 15) is 14.7 Å². The zero-order chi connectivity index (χ0) is 24.8. The van der Waals surface area contributed by atoms with Crippen LogP contribution in [-0.4, -0.2) is 40.8 Å². The summed E-state index contributed by atoms with van der Waals surface area (Å²) in [5.74, 6) is -4.43. The molecule has 1 saturated carbocycles. The van der Waals surface area contributed by atoms with E-state index >= 15 is 8.78 Å². The van der Waals surface area contributed by atoms with Crippen molar-refractivity contribution >= 4 is 28.2 Å². The first-order chi connectivity index (χ1) is 15.1. The number of nitrogens with one attached hydrogen (secondary N) is 1. The van der Waals surface area contributed by atoms with E-state index in [0.717, 1.165) is 0 Å². The van der Waals surface area contributed by atoms with E-state index in [2.05, 4.69) is 5.32 Å². The number of fused-ring (bicyclic) bond motifs is 1. The molecule has 2 aromatic rings. The fourth-order valence-electron chi connectivity index (χ4n) is 3.79. The molecule has 4 N–H and O–H groups in total. The van der Waals surface area contributed by atoms with Crippen LogP contribution in [0.4, 0.5) is 20.2 Å². The Morgan fingerprint density at radius 2 is 1.93 bits per heavy atom. The third kappa shape index (κ3) is 2.81. The predicted molar refractivity (Wildman–Crippen MR) is 102 cm³/mol. The summed E-state index contributed by atoms with van der Waals surface area (Å²) in [6.07, 6.45) is -5.22. The summed E-state index contributed by atoms with van der Waals surface area (Å²) in [4.78, 5) is 25.8. The number of rotatable bonds is 3. The second kappa shape index (κ2) is 6.44. The summed E-state index contributed by atoms with van der Waals surface area (Å²) in [7, 11) is 0. The molecule has 28 heavy (non-hydrogen) atoms. The Labute approximate surface area is 166 Å². The molecule has 150 valence electrons. The maximum absolute atomic E-state index is 16.0. The highest BCUT2D eigenvalue weighted by Gasteiger charge is 2.34. The number of aromatic nitrogens is 1. The number of nitrogen functional groups attached to an aromatic ring is 1. The Bertz CT molecular complexity index is 1240. The van der Waals surface area contributed by atoms with Gasteiger partial charge in [-0.2, -0.15) is 0 Å². The second-order valence-electron chi connectivity index (χ2n) is 7.13. The molecule has 0 spiro atoms. The molecule has 1 aliphatic carbocycles. The number of halogens is 2. The number of hydrogen-bond acceptors (Lipinski definition) is 5. The van der Waals surface area contributed by atoms with Crippen molar-refractivity contribution in [2.45, 2.75) is 44.7 Å². The number of nitrogens with zero attached hydrogens (tertiary/aromatic N) is 2. The van der Waals surface area contributed by atoms with Crippen LogP contribution in [0.5, 0.6) is 0 Å². The largest absolute Gasteiger partial charge is 0.477 e. The zero-order valence-electron chi connectivity index (χ0n) is 20.1. The first-order valence-corrected chi connectivity index (χ1v) is 8.70. The number of carbonyl (C=O) groups is 1. The monoisotopic (exact) mass is 397 g/mol. The molecule has 0 amide bonds. The fourth-order valence-corrected chi connectivity index (χ4v) is 3.79. The molecule has 1 aromatic heterocycles. The van der Waals surface area contributed by atoms with Gasteiger partial charge in [-0.3, -0.25) is 4.79 Å². The molecule has 2 atom stereocenters. The van der Waals surface area contributed by atoms with Gasteiger partial charge in [0.05, 0.1) is 18.0 Å². The molecule has 0 bridgehead atoms. The number of nitrogens with two attached hydrogens (primary N) is 1. The quantitative estimate of drug-likeness (QED) is 0.686. The first kappa shape index (κ1) is 13.5. The minimum absolute atomic E-state index is 0.161. The van der Waals surface area contributed by atoms with Crippen LogP contribution in [0, 0.1) is 11.6 Å². The van der Waals surface area contributed by atoms with Crippen molar-refractivity contribution in [1.29, 1.82) is 0 Å². The van der Waals surface area contributed by atoms with Gasteiger partial charge < -0.3 is 25.6 Å². The minimum atomic E-state index is -2.87. The maximum Gasteiger partial charge on any atom is 0.341 e. The molecule has 2 fully saturated rings. The van der Waals surface area contributed by atoms with E-state index in [1.807, 2.05) is 0 Å². The van der Waals surface area contributed by atoms with Gasteiger partial charge in [0.1, 0.15) is 11.3 Å². The molecule has 1 aromatic carbocycles. The van der Waals surface area contributed by atoms with Crippen LogP contribution in [0.15, 0.2) is 11.0 Å². The predicted octanol–water partition coefficient (Wildman–Crippen LogP) is 2.08. The number of carboxylic acid groups (broad SMARTS) is 1. The van der Waals surface area contributed by atoms with Gasteiger partial charge >= 0.3 is 5.97 Å². The molecule has 2 aliphatic rings. The van der Waals surface area contributed by atoms with Crippen molar-refractivity contribution in [3.05, 3.63) is 33.6 Å². The van der Waals surface area contributed by atoms with Gasteiger partial charge in [0.2, 0.25) is 5.43 Å². The summed E-state index contributed by atoms with van der Waals surface area (Å²) in [6.45, 7) is 3.91. The smallest absolute Gasteiger partial charge is 0.341 e. The average Bonchev–Trinajstić information content (AvgIpc) is 3.01. The van der Waals surface area contributed by atoms with Crippen LogP contribution in [0.2, 0.25) is 0 Å². The molecular weight excluding hydrogens is 370 g/mol. The standard InChI is InChI=1S/C19H22F2N4O3/c1-8-5-24(6-9(2)23-8)17-13(20)15(22)12-16(14(17)21)25(10-3-4-10)7-11(18(12)26)19(27)28/h7-10,23H,3-6,22H2,1-2H3,(H,27,28)/t8-,9+/i3D2,4D2,10D. The minimum Gasteiger partial charge on any atom is -0.477 e. The Kier molecular flexibility index (Phi) is 3.10. The van der Waals surface area contributed by atoms with Crippen LogP contribution in [0.1, 0.15) is 49.8 Å². The van der Waals surface area contributed by atoms with Gasteiger partial charge in [0.15, 0.2) is 11.6 Å². The maximum atomic E-state index is 16.0. The lowest BCUT2D eigenvalue weighted by atomic mass is 10.0. The van der Waals surface area contributed by atoms with Crippen molar-refractivity contribution in [3.8, 4) is 0 Å². The summed E-state index contributed by atoms with van der Waals surface area (Å²) in [6, 6.07) is -3.17. The Hall–Kier alpha value is -2.68. The van der Waals surface area contributed by atoms with Gasteiger partial charge in [-0.15, -0.1) is 0 Å². The molecule has 0 radical (unpaired) electrons. The number of pyridine rings is 1. The number of carboxylic acids is 1. The molecule has 2 heterocycles. The number of anilines is 2. The van der Waals surface area contributed by atoms with Crippen LogP contribution >= 0.6 is 0 Å². The van der Waals surface area contributed by atoms with E-state index < -0.39 is 69.6 Å². The Morgan fingerprint density at radius 3 is 2.46 bits per heavy atom. The lowest BCUT2D eigenvalue weighted by molar-refractivity contribution is 0.0695. The molecule has 1 aliphatic heterocycles. The summed E-state index contributed by atoms with van der Waals surface area (Å²) in [5.41, 5.74) is 1.24. The average molecular weight is 397 g/mol. The summed E-state index contributed by atoms with van der Waals surface area (Å²) in [5, 5.41) is 11.8. The van der Waals surface area contributed by atoms with Crippen molar-refractivity contribution in [2.24, 2.45) is 0 Å². The molecule has 9 heteroatoms. The number of piperazine rings is 1. The number of aromatic carboxylic acids is 1. The molecular formula is C19H22F2N4O3. The second-order valence-corrected chi connectivity index (χ2v) is 7.13. The van der Waals surface area contributed by atoms with Crippen molar-refractivity contribution in [3.63, 3.8) is 0 Å². The lowest BCUT2D eigenvalue weighted by Crippen LogP contribution is -2.54. The van der Waals surface area contributed by atoms with Gasteiger partial charge in [-0.25, -0.2) is 13.6 Å². The summed E-state index contributed by atoms with van der Waals surface area (Å²) >= 11 is 0. The summed E-state index contributed by atoms with van der Waals surface area (Å²) < 4.78 is 72.0. The normalized spacial score (nSPS) is 30.0. The first-order valence-electron chi connectivity index (χ1n) is 11.2. The highest BCUT2D eigenvalue weighted by atomic mass is 19.1. The van der Waals surface area contributed by atoms with E-state index in [4.69, 9.17) is 12.6 Å². The van der Waals surface area contributed by atoms with Gasteiger partial charge in [0, 0.05) is 42.9 Å². The molecule has 4 rings (SSSR count). The number of benzene rings is 1. The van der Waals surface area contributed by atoms with Crippen molar-refractivity contribution in [1.82, 2.24) is 9.88 Å². The van der Waals surface area contributed by atoms with Crippen LogP contribution in [-0.2, 0) is 0 Å². The third-order valence-electron chi connectivity index (χ3n) is 4.92. The van der Waals surface area contributed by atoms with Crippen molar-refractivity contribution < 1.29 is 25.5 Å². The molecule has 0 unspecified atom stereocenters. The van der Waals surface area contributed by atoms with Gasteiger partial charge in [-0.1, -0.05) is 0 Å². The third-order valence-corrected chi connectivity index (χ3v) is 4.92. The SMILES string of the molecule is [2H]C1([2H])C([2H])([2H])C1([2H])n1cc(C(=O)O)c(=O)c2c(N)c(F)c(N3C[C@@H](C)N[C@@H](C)C3)c(F)c21. The van der Waals surface area contributed by atoms with E-state index in [1.165, 1.54) is 4.90 Å². The lowest BCUT2D eigenvalue weighted by Gasteiger charge is -2.38. The molecule has 1 saturated heterocycles. The van der Waals surface area contributed by atoms with Gasteiger partial charge in [0.25, 0.3) is 0 Å². The highest BCUT2D eigenvalue weighted by Crippen LogP contribution is 2.41. The highest BCUT2D eigenvalue weighted by molar-refractivity contribution is 5.99. The van der Waals surface area contributed by atoms with E-state index in [-0.39, 0.29) is 25.2 Å². The number of hydrogen-bond donors (Lipinski definition) is 3. The van der Waals surface area contributed by atoms with Gasteiger partial charge in [-0.05, 0) is 26.6 Å². The van der Waals surface area contributed by atoms with Crippen LogP contribution < -0.4 is 21.4 Å². The van der Waals surface area contributed by atoms with Crippen LogP contribution in [0.25, 0.3) is 10.9 Å². The van der Waals surface area contributed by atoms with Crippen LogP contribution in [0.3, 0.4) is 0 Å². The zero-order valence-corrected chi connectivity index (χ0v) is 15.1. The Morgan fingerprint density at radius 1 is 1.32 bits per heavy atom.